The lowest BCUT2D eigenvalue weighted by Gasteiger charge is -2.01. The lowest BCUT2D eigenvalue weighted by molar-refractivity contribution is 0.475. The molecule has 0 bridgehead atoms. The molecule has 2 aromatic rings. The highest BCUT2D eigenvalue weighted by Gasteiger charge is 2.04. The molecule has 0 radical (unpaired) electrons. The summed E-state index contributed by atoms with van der Waals surface area (Å²) in [5.74, 6) is -0.425. The highest BCUT2D eigenvalue weighted by molar-refractivity contribution is 6.32. The second-order valence-electron chi connectivity index (χ2n) is 3.89. The van der Waals surface area contributed by atoms with E-state index in [1.807, 2.05) is 6.07 Å². The molecule has 2 nitrogen and oxygen atoms in total. The first kappa shape index (κ1) is 13.1. The van der Waals surface area contributed by atoms with Gasteiger partial charge in [0.1, 0.15) is 11.6 Å². The fourth-order valence-electron chi connectivity index (χ4n) is 1.62. The van der Waals surface area contributed by atoms with Gasteiger partial charge in [-0.25, -0.2) is 4.39 Å². The molecule has 0 aliphatic carbocycles. The van der Waals surface area contributed by atoms with Crippen LogP contribution >= 0.6 is 11.6 Å². The molecule has 1 N–H and O–H groups in total. The molecule has 0 saturated heterocycles. The van der Waals surface area contributed by atoms with Crippen LogP contribution in [0.4, 0.5) is 4.39 Å². The van der Waals surface area contributed by atoms with Crippen LogP contribution in [0.3, 0.4) is 0 Å². The predicted octanol–water partition coefficient (Wildman–Crippen LogP) is 4.25. The van der Waals surface area contributed by atoms with Crippen molar-refractivity contribution in [2.24, 2.45) is 0 Å². The van der Waals surface area contributed by atoms with Crippen molar-refractivity contribution in [3.05, 3.63) is 64.4 Å². The van der Waals surface area contributed by atoms with Crippen molar-refractivity contribution in [3.63, 3.8) is 0 Å². The highest BCUT2D eigenvalue weighted by Crippen LogP contribution is 2.26. The van der Waals surface area contributed by atoms with Crippen LogP contribution in [0, 0.1) is 17.1 Å². The Kier molecular flexibility index (Phi) is 3.84. The van der Waals surface area contributed by atoms with Gasteiger partial charge in [-0.15, -0.1) is 0 Å². The van der Waals surface area contributed by atoms with Crippen LogP contribution in [0.2, 0.25) is 5.02 Å². The number of allylic oxidation sites excluding steroid dienone is 1. The zero-order chi connectivity index (χ0) is 13.8. The maximum absolute atomic E-state index is 13.1. The second-order valence-corrected chi connectivity index (χ2v) is 4.30. The quantitative estimate of drug-likeness (QED) is 0.657. The molecule has 0 aliphatic rings. The summed E-state index contributed by atoms with van der Waals surface area (Å²) in [7, 11) is 0. The van der Waals surface area contributed by atoms with Crippen LogP contribution in [0.1, 0.15) is 11.1 Å². The van der Waals surface area contributed by atoms with Gasteiger partial charge in [-0.05, 0) is 41.5 Å². The Balaban J connectivity index is 2.44. The maximum Gasteiger partial charge on any atom is 0.134 e. The number of phenols is 1. The van der Waals surface area contributed by atoms with Crippen LogP contribution in [0.25, 0.3) is 11.6 Å². The van der Waals surface area contributed by atoms with E-state index in [-0.39, 0.29) is 10.8 Å². The standard InChI is InChI=1S/C15H9ClFNO/c16-14-7-10(4-5-15(14)19)6-12(9-18)11-2-1-3-13(17)8-11/h1-8,19H/b12-6-. The maximum atomic E-state index is 13.1. The second kappa shape index (κ2) is 5.55. The molecule has 4 heteroatoms. The van der Waals surface area contributed by atoms with Crippen molar-refractivity contribution in [1.82, 2.24) is 0 Å². The van der Waals surface area contributed by atoms with E-state index in [0.29, 0.717) is 16.7 Å². The Bertz CT molecular complexity index is 689. The molecule has 0 spiro atoms. The molecule has 0 aromatic heterocycles. The number of rotatable bonds is 2. The number of aromatic hydroxyl groups is 1. The Morgan fingerprint density at radius 2 is 2.05 bits per heavy atom. The number of nitriles is 1. The van der Waals surface area contributed by atoms with Gasteiger partial charge in [-0.3, -0.25) is 0 Å². The average Bonchev–Trinajstić information content (AvgIpc) is 2.40. The summed E-state index contributed by atoms with van der Waals surface area (Å²) in [6.07, 6.45) is 1.58. The lowest BCUT2D eigenvalue weighted by atomic mass is 10.0. The van der Waals surface area contributed by atoms with Gasteiger partial charge in [0.25, 0.3) is 0 Å². The molecular formula is C15H9ClFNO. The lowest BCUT2D eigenvalue weighted by Crippen LogP contribution is -1.84. The van der Waals surface area contributed by atoms with Gasteiger partial charge in [0, 0.05) is 0 Å². The van der Waals surface area contributed by atoms with Crippen molar-refractivity contribution >= 4 is 23.3 Å². The van der Waals surface area contributed by atoms with Gasteiger partial charge < -0.3 is 5.11 Å². The summed E-state index contributed by atoms with van der Waals surface area (Å²) in [5, 5.41) is 18.7. The fourth-order valence-corrected chi connectivity index (χ4v) is 1.80. The smallest absolute Gasteiger partial charge is 0.134 e. The molecular weight excluding hydrogens is 265 g/mol. The number of halogens is 2. The van der Waals surface area contributed by atoms with E-state index in [4.69, 9.17) is 16.9 Å². The molecule has 0 heterocycles. The zero-order valence-corrected chi connectivity index (χ0v) is 10.5. The third-order valence-corrected chi connectivity index (χ3v) is 2.84. The van der Waals surface area contributed by atoms with Crippen molar-refractivity contribution in [1.29, 1.82) is 5.26 Å². The predicted molar refractivity (Wildman–Crippen MR) is 73.0 cm³/mol. The first-order chi connectivity index (χ1) is 9.10. The minimum absolute atomic E-state index is 0.0249. The Morgan fingerprint density at radius 3 is 2.68 bits per heavy atom. The molecule has 0 saturated carbocycles. The topological polar surface area (TPSA) is 44.0 Å². The highest BCUT2D eigenvalue weighted by atomic mass is 35.5. The SMILES string of the molecule is N#C/C(=C/c1ccc(O)c(Cl)c1)c1cccc(F)c1. The van der Waals surface area contributed by atoms with E-state index in [9.17, 15) is 9.50 Å². The van der Waals surface area contributed by atoms with Crippen LogP contribution in [0.15, 0.2) is 42.5 Å². The number of hydrogen-bond donors (Lipinski definition) is 1. The minimum Gasteiger partial charge on any atom is -0.506 e. The van der Waals surface area contributed by atoms with Crippen molar-refractivity contribution in [2.45, 2.75) is 0 Å². The Labute approximate surface area is 115 Å². The summed E-state index contributed by atoms with van der Waals surface area (Å²) in [6.45, 7) is 0. The average molecular weight is 274 g/mol. The van der Waals surface area contributed by atoms with E-state index in [1.165, 1.54) is 24.3 Å². The molecule has 2 rings (SSSR count). The summed E-state index contributed by atoms with van der Waals surface area (Å²) in [4.78, 5) is 0. The molecule has 0 fully saturated rings. The number of nitrogens with zero attached hydrogens (tertiary/aromatic N) is 1. The van der Waals surface area contributed by atoms with E-state index in [1.54, 1.807) is 24.3 Å². The van der Waals surface area contributed by atoms with Crippen LogP contribution in [0.5, 0.6) is 5.75 Å². The van der Waals surface area contributed by atoms with Gasteiger partial charge in [0.2, 0.25) is 0 Å². The Morgan fingerprint density at radius 1 is 1.26 bits per heavy atom. The first-order valence-electron chi connectivity index (χ1n) is 5.46. The van der Waals surface area contributed by atoms with E-state index < -0.39 is 5.82 Å². The van der Waals surface area contributed by atoms with Crippen LogP contribution < -0.4 is 0 Å². The van der Waals surface area contributed by atoms with Crippen molar-refractivity contribution in [2.75, 3.05) is 0 Å². The molecule has 19 heavy (non-hydrogen) atoms. The number of hydrogen-bond acceptors (Lipinski definition) is 2. The zero-order valence-electron chi connectivity index (χ0n) is 9.77. The van der Waals surface area contributed by atoms with Gasteiger partial charge in [0.05, 0.1) is 16.7 Å². The largest absolute Gasteiger partial charge is 0.506 e. The first-order valence-corrected chi connectivity index (χ1v) is 5.84. The monoisotopic (exact) mass is 273 g/mol. The van der Waals surface area contributed by atoms with Crippen molar-refractivity contribution < 1.29 is 9.50 Å². The van der Waals surface area contributed by atoms with E-state index >= 15 is 0 Å². The van der Waals surface area contributed by atoms with E-state index in [0.717, 1.165) is 0 Å². The molecule has 94 valence electrons. The minimum atomic E-state index is -0.401. The van der Waals surface area contributed by atoms with Gasteiger partial charge >= 0.3 is 0 Å². The summed E-state index contributed by atoms with van der Waals surface area (Å²) >= 11 is 5.79. The van der Waals surface area contributed by atoms with Crippen LogP contribution in [-0.4, -0.2) is 5.11 Å². The van der Waals surface area contributed by atoms with Gasteiger partial charge in [0.15, 0.2) is 0 Å². The Hall–Kier alpha value is -2.31. The summed E-state index contributed by atoms with van der Waals surface area (Å²) in [5.41, 5.74) is 1.47. The van der Waals surface area contributed by atoms with Crippen molar-refractivity contribution in [3.8, 4) is 11.8 Å². The molecule has 2 aromatic carbocycles. The third-order valence-electron chi connectivity index (χ3n) is 2.54. The molecule has 0 unspecified atom stereocenters. The summed E-state index contributed by atoms with van der Waals surface area (Å²) in [6, 6.07) is 12.4. The van der Waals surface area contributed by atoms with E-state index in [2.05, 4.69) is 0 Å². The molecule has 0 amide bonds. The number of phenolic OH excluding ortho intramolecular Hbond substituents is 1. The molecule has 0 atom stereocenters. The summed E-state index contributed by atoms with van der Waals surface area (Å²) < 4.78 is 13.1. The van der Waals surface area contributed by atoms with Gasteiger partial charge in [-0.1, -0.05) is 29.8 Å². The normalized spacial score (nSPS) is 11.1. The fraction of sp³-hybridized carbons (Fsp3) is 0. The number of benzene rings is 2. The van der Waals surface area contributed by atoms with Gasteiger partial charge in [-0.2, -0.15) is 5.26 Å². The van der Waals surface area contributed by atoms with Crippen LogP contribution in [-0.2, 0) is 0 Å². The molecule has 0 aliphatic heterocycles. The third kappa shape index (κ3) is 3.12.